The van der Waals surface area contributed by atoms with Crippen LogP contribution in [0.4, 0.5) is 6.01 Å². The number of nitrogens with zero attached hydrogens (tertiary/aromatic N) is 3. The third-order valence-corrected chi connectivity index (χ3v) is 7.62. The van der Waals surface area contributed by atoms with Crippen LogP contribution in [0.2, 0.25) is 10.0 Å². The Labute approximate surface area is 195 Å². The maximum Gasteiger partial charge on any atom is 0.322 e. The first-order valence-electron chi connectivity index (χ1n) is 9.94. The lowest BCUT2D eigenvalue weighted by molar-refractivity contribution is 0.102. The molecule has 1 fully saturated rings. The predicted molar refractivity (Wildman–Crippen MR) is 121 cm³/mol. The molecule has 3 aromatic rings. The average molecular weight is 495 g/mol. The molecule has 1 aromatic heterocycles. The summed E-state index contributed by atoms with van der Waals surface area (Å²) in [6.45, 7) is 3.05. The molecule has 0 saturated carbocycles. The van der Waals surface area contributed by atoms with Gasteiger partial charge in [-0.1, -0.05) is 35.2 Å². The van der Waals surface area contributed by atoms with E-state index >= 15 is 0 Å². The van der Waals surface area contributed by atoms with Crippen molar-refractivity contribution >= 4 is 45.1 Å². The molecular formula is C21H20Cl2N4O4S. The number of sulfonamides is 1. The van der Waals surface area contributed by atoms with E-state index in [0.29, 0.717) is 34.6 Å². The number of piperidine rings is 1. The van der Waals surface area contributed by atoms with Crippen LogP contribution >= 0.6 is 23.2 Å². The van der Waals surface area contributed by atoms with Gasteiger partial charge in [-0.15, -0.1) is 5.10 Å². The lowest BCUT2D eigenvalue weighted by atomic mass is 10.0. The van der Waals surface area contributed by atoms with Crippen LogP contribution in [0.25, 0.3) is 11.5 Å². The molecular weight excluding hydrogens is 475 g/mol. The first-order valence-corrected chi connectivity index (χ1v) is 12.1. The van der Waals surface area contributed by atoms with Gasteiger partial charge in [-0.25, -0.2) is 8.42 Å². The molecule has 1 amide bonds. The number of benzene rings is 2. The lowest BCUT2D eigenvalue weighted by Gasteiger charge is -2.30. The van der Waals surface area contributed by atoms with E-state index < -0.39 is 15.9 Å². The second-order valence-corrected chi connectivity index (χ2v) is 10.4. The first kappa shape index (κ1) is 22.7. The Morgan fingerprint density at radius 3 is 2.62 bits per heavy atom. The Balaban J connectivity index is 1.47. The van der Waals surface area contributed by atoms with Gasteiger partial charge in [0.25, 0.3) is 11.8 Å². The quantitative estimate of drug-likeness (QED) is 0.550. The topological polar surface area (TPSA) is 105 Å². The summed E-state index contributed by atoms with van der Waals surface area (Å²) in [5.41, 5.74) is 0.685. The van der Waals surface area contributed by atoms with Crippen molar-refractivity contribution in [3.8, 4) is 11.5 Å². The Hall–Kier alpha value is -2.46. The van der Waals surface area contributed by atoms with Crippen molar-refractivity contribution < 1.29 is 17.6 Å². The number of aromatic nitrogens is 2. The average Bonchev–Trinajstić information content (AvgIpc) is 3.23. The Morgan fingerprint density at radius 2 is 1.91 bits per heavy atom. The zero-order valence-electron chi connectivity index (χ0n) is 17.1. The minimum absolute atomic E-state index is 0.102. The van der Waals surface area contributed by atoms with Crippen molar-refractivity contribution in [1.29, 1.82) is 0 Å². The van der Waals surface area contributed by atoms with E-state index in [1.54, 1.807) is 18.2 Å². The Kier molecular flexibility index (Phi) is 6.52. The summed E-state index contributed by atoms with van der Waals surface area (Å²) in [4.78, 5) is 12.7. The van der Waals surface area contributed by atoms with Crippen LogP contribution in [0, 0.1) is 5.92 Å². The summed E-state index contributed by atoms with van der Waals surface area (Å²) in [7, 11) is -3.59. The zero-order valence-corrected chi connectivity index (χ0v) is 19.4. The highest BCUT2D eigenvalue weighted by molar-refractivity contribution is 7.89. The second kappa shape index (κ2) is 9.19. The number of hydrogen-bond donors (Lipinski definition) is 1. The number of halogens is 2. The standard InChI is InChI=1S/C21H20Cl2N4O4S/c1-13-3-2-10-27(12-13)32(29,30)16-7-4-14(5-8-16)19(28)24-21-26-25-20(31-21)17-11-15(22)6-9-18(17)23/h4-9,11,13H,2-3,10,12H2,1H3,(H,24,26,28)/t13-/m0/s1. The van der Waals surface area contributed by atoms with Gasteiger partial charge in [0.1, 0.15) is 0 Å². The molecule has 11 heteroatoms. The van der Waals surface area contributed by atoms with Crippen molar-refractivity contribution in [2.24, 2.45) is 5.92 Å². The van der Waals surface area contributed by atoms with Gasteiger partial charge in [-0.3, -0.25) is 10.1 Å². The second-order valence-electron chi connectivity index (χ2n) is 7.63. The van der Waals surface area contributed by atoms with E-state index in [4.69, 9.17) is 27.6 Å². The molecule has 1 aliphatic heterocycles. The van der Waals surface area contributed by atoms with Gasteiger partial charge >= 0.3 is 6.01 Å². The molecule has 0 bridgehead atoms. The van der Waals surface area contributed by atoms with Crippen LogP contribution in [0.15, 0.2) is 51.8 Å². The van der Waals surface area contributed by atoms with E-state index in [1.165, 1.54) is 28.6 Å². The minimum Gasteiger partial charge on any atom is -0.403 e. The molecule has 1 N–H and O–H groups in total. The molecule has 1 atom stereocenters. The number of hydrogen-bond acceptors (Lipinski definition) is 6. The minimum atomic E-state index is -3.59. The molecule has 1 saturated heterocycles. The predicted octanol–water partition coefficient (Wildman–Crippen LogP) is 4.72. The summed E-state index contributed by atoms with van der Waals surface area (Å²) in [6.07, 6.45) is 1.86. The largest absolute Gasteiger partial charge is 0.403 e. The van der Waals surface area contributed by atoms with Crippen LogP contribution in [-0.4, -0.2) is 41.9 Å². The molecule has 0 aliphatic carbocycles. The van der Waals surface area contributed by atoms with Crippen LogP contribution in [-0.2, 0) is 10.0 Å². The third-order valence-electron chi connectivity index (χ3n) is 5.18. The lowest BCUT2D eigenvalue weighted by Crippen LogP contribution is -2.39. The van der Waals surface area contributed by atoms with Crippen molar-refractivity contribution in [1.82, 2.24) is 14.5 Å². The summed E-state index contributed by atoms with van der Waals surface area (Å²) >= 11 is 12.1. The number of anilines is 1. The Bertz CT molecular complexity index is 1240. The maximum atomic E-state index is 12.9. The van der Waals surface area contributed by atoms with E-state index in [9.17, 15) is 13.2 Å². The molecule has 0 unspecified atom stereocenters. The molecule has 168 valence electrons. The summed E-state index contributed by atoms with van der Waals surface area (Å²) < 4.78 is 32.7. The molecule has 8 nitrogen and oxygen atoms in total. The first-order chi connectivity index (χ1) is 15.2. The number of amides is 1. The number of nitrogens with one attached hydrogen (secondary N) is 1. The smallest absolute Gasteiger partial charge is 0.322 e. The number of carbonyl (C=O) groups excluding carboxylic acids is 1. The fourth-order valence-corrected chi connectivity index (χ4v) is 5.47. The van der Waals surface area contributed by atoms with E-state index in [0.717, 1.165) is 12.8 Å². The van der Waals surface area contributed by atoms with Gasteiger partial charge in [0, 0.05) is 23.7 Å². The van der Waals surface area contributed by atoms with Crippen molar-refractivity contribution in [3.05, 3.63) is 58.1 Å². The molecule has 0 spiro atoms. The van der Waals surface area contributed by atoms with Crippen molar-refractivity contribution in [2.45, 2.75) is 24.7 Å². The van der Waals surface area contributed by atoms with Gasteiger partial charge in [0.2, 0.25) is 10.0 Å². The molecule has 1 aliphatic rings. The SMILES string of the molecule is C[C@H]1CCCN(S(=O)(=O)c2ccc(C(=O)Nc3nnc(-c4cc(Cl)ccc4Cl)o3)cc2)C1. The van der Waals surface area contributed by atoms with Gasteiger partial charge in [0.15, 0.2) is 0 Å². The highest BCUT2D eigenvalue weighted by Crippen LogP contribution is 2.30. The van der Waals surface area contributed by atoms with E-state index in [2.05, 4.69) is 15.5 Å². The normalized spacial score (nSPS) is 17.3. The van der Waals surface area contributed by atoms with Crippen molar-refractivity contribution in [2.75, 3.05) is 18.4 Å². The monoisotopic (exact) mass is 494 g/mol. The highest BCUT2D eigenvalue weighted by atomic mass is 35.5. The van der Waals surface area contributed by atoms with Gasteiger partial charge in [-0.2, -0.15) is 4.31 Å². The summed E-state index contributed by atoms with van der Waals surface area (Å²) in [5, 5.41) is 11.0. The van der Waals surface area contributed by atoms with Crippen LogP contribution < -0.4 is 5.32 Å². The van der Waals surface area contributed by atoms with Crippen LogP contribution in [0.5, 0.6) is 0 Å². The van der Waals surface area contributed by atoms with E-state index in [-0.39, 0.29) is 22.4 Å². The van der Waals surface area contributed by atoms with Crippen molar-refractivity contribution in [3.63, 3.8) is 0 Å². The summed E-state index contributed by atoms with van der Waals surface area (Å²) in [6, 6.07) is 10.4. The fraction of sp³-hybridized carbons (Fsp3) is 0.286. The molecule has 2 heterocycles. The molecule has 4 rings (SSSR count). The Morgan fingerprint density at radius 1 is 1.16 bits per heavy atom. The van der Waals surface area contributed by atoms with Crippen LogP contribution in [0.3, 0.4) is 0 Å². The fourth-order valence-electron chi connectivity index (χ4n) is 3.51. The molecule has 32 heavy (non-hydrogen) atoms. The maximum absolute atomic E-state index is 12.9. The van der Waals surface area contributed by atoms with E-state index in [1.807, 2.05) is 6.92 Å². The summed E-state index contributed by atoms with van der Waals surface area (Å²) in [5.74, 6) is -0.0948. The molecule has 0 radical (unpaired) electrons. The third kappa shape index (κ3) is 4.80. The highest BCUT2D eigenvalue weighted by Gasteiger charge is 2.28. The van der Waals surface area contributed by atoms with Gasteiger partial charge < -0.3 is 4.42 Å². The van der Waals surface area contributed by atoms with Gasteiger partial charge in [-0.05, 0) is 61.2 Å². The molecule has 2 aromatic carbocycles. The zero-order chi connectivity index (χ0) is 22.9. The number of carbonyl (C=O) groups is 1. The van der Waals surface area contributed by atoms with Crippen LogP contribution in [0.1, 0.15) is 30.1 Å². The van der Waals surface area contributed by atoms with Gasteiger partial charge in [0.05, 0.1) is 15.5 Å². The number of rotatable bonds is 5.